The molecule has 2 rings (SSSR count). The minimum atomic E-state index is -0.0691. The van der Waals surface area contributed by atoms with Crippen LogP contribution in [0.25, 0.3) is 10.9 Å². The lowest BCUT2D eigenvalue weighted by Gasteiger charge is -2.23. The summed E-state index contributed by atoms with van der Waals surface area (Å²) in [5, 5.41) is 13.8. The molecule has 4 nitrogen and oxygen atoms in total. The van der Waals surface area contributed by atoms with Crippen LogP contribution in [-0.2, 0) is 11.3 Å². The van der Waals surface area contributed by atoms with Crippen molar-refractivity contribution in [3.8, 4) is 0 Å². The highest BCUT2D eigenvalue weighted by Crippen LogP contribution is 2.21. The van der Waals surface area contributed by atoms with Gasteiger partial charge in [0.25, 0.3) is 0 Å². The van der Waals surface area contributed by atoms with Crippen LogP contribution in [-0.4, -0.2) is 28.7 Å². The smallest absolute Gasteiger partial charge is 0.220 e. The topological polar surface area (TPSA) is 54.3 Å². The van der Waals surface area contributed by atoms with Crippen LogP contribution in [0.3, 0.4) is 0 Å². The standard InChI is InChI=1S/C18H25ClN2O2/c1-18(2,8-11-22)13-20-17(23)4-3-9-21-10-7-14-12-15(19)5-6-16(14)21/h5-7,10,12,22H,3-4,8-9,11,13H2,1-2H3,(H,20,23). The number of carbonyl (C=O) groups is 1. The number of nitrogens with zero attached hydrogens (tertiary/aromatic N) is 1. The molecule has 0 saturated carbocycles. The van der Waals surface area contributed by atoms with Crippen molar-refractivity contribution >= 4 is 28.4 Å². The van der Waals surface area contributed by atoms with Crippen molar-refractivity contribution in [1.29, 1.82) is 0 Å². The molecule has 126 valence electrons. The average Bonchev–Trinajstić information content (AvgIpc) is 2.87. The fourth-order valence-electron chi connectivity index (χ4n) is 2.59. The molecule has 0 aliphatic rings. The van der Waals surface area contributed by atoms with Gasteiger partial charge in [-0.2, -0.15) is 0 Å². The maximum atomic E-state index is 11.9. The molecule has 0 radical (unpaired) electrons. The van der Waals surface area contributed by atoms with Gasteiger partial charge in [-0.05, 0) is 42.5 Å². The lowest BCUT2D eigenvalue weighted by Crippen LogP contribution is -2.34. The molecule has 1 aromatic carbocycles. The zero-order valence-corrected chi connectivity index (χ0v) is 14.6. The number of benzene rings is 1. The minimum absolute atomic E-state index is 0.0653. The van der Waals surface area contributed by atoms with E-state index < -0.39 is 0 Å². The summed E-state index contributed by atoms with van der Waals surface area (Å²) < 4.78 is 2.15. The van der Waals surface area contributed by atoms with E-state index in [4.69, 9.17) is 16.7 Å². The van der Waals surface area contributed by atoms with Crippen molar-refractivity contribution < 1.29 is 9.90 Å². The Morgan fingerprint density at radius 1 is 1.35 bits per heavy atom. The number of hydrogen-bond donors (Lipinski definition) is 2. The van der Waals surface area contributed by atoms with Crippen LogP contribution in [0.1, 0.15) is 33.1 Å². The van der Waals surface area contributed by atoms with Gasteiger partial charge in [-0.3, -0.25) is 4.79 Å². The Hall–Kier alpha value is -1.52. The summed E-state index contributed by atoms with van der Waals surface area (Å²) in [4.78, 5) is 11.9. The van der Waals surface area contributed by atoms with E-state index in [1.165, 1.54) is 0 Å². The Morgan fingerprint density at radius 2 is 2.13 bits per heavy atom. The molecule has 0 aliphatic carbocycles. The number of aliphatic hydroxyl groups is 1. The number of amides is 1. The first-order valence-electron chi connectivity index (χ1n) is 8.03. The highest BCUT2D eigenvalue weighted by atomic mass is 35.5. The van der Waals surface area contributed by atoms with Crippen molar-refractivity contribution in [2.24, 2.45) is 5.41 Å². The van der Waals surface area contributed by atoms with Crippen LogP contribution in [0.4, 0.5) is 0 Å². The van der Waals surface area contributed by atoms with Crippen molar-refractivity contribution in [1.82, 2.24) is 9.88 Å². The number of aliphatic hydroxyl groups excluding tert-OH is 1. The number of fused-ring (bicyclic) bond motifs is 1. The van der Waals surface area contributed by atoms with Gasteiger partial charge >= 0.3 is 0 Å². The summed E-state index contributed by atoms with van der Waals surface area (Å²) in [6.07, 6.45) is 4.01. The number of rotatable bonds is 8. The Morgan fingerprint density at radius 3 is 2.87 bits per heavy atom. The fraction of sp³-hybridized carbons (Fsp3) is 0.500. The molecule has 5 heteroatoms. The van der Waals surface area contributed by atoms with Gasteiger partial charge in [0.05, 0.1) is 0 Å². The van der Waals surface area contributed by atoms with E-state index in [2.05, 4.69) is 9.88 Å². The summed E-state index contributed by atoms with van der Waals surface area (Å²) >= 11 is 5.99. The van der Waals surface area contributed by atoms with Crippen molar-refractivity contribution in [2.45, 2.75) is 39.7 Å². The third kappa shape index (κ3) is 5.26. The lowest BCUT2D eigenvalue weighted by molar-refractivity contribution is -0.121. The summed E-state index contributed by atoms with van der Waals surface area (Å²) in [5.74, 6) is 0.0653. The number of aryl methyl sites for hydroxylation is 1. The van der Waals surface area contributed by atoms with Gasteiger partial charge in [0.15, 0.2) is 0 Å². The number of hydrogen-bond acceptors (Lipinski definition) is 2. The average molecular weight is 337 g/mol. The van der Waals surface area contributed by atoms with Crippen LogP contribution in [0.15, 0.2) is 30.5 Å². The number of nitrogens with one attached hydrogen (secondary N) is 1. The molecule has 0 bridgehead atoms. The van der Waals surface area contributed by atoms with E-state index in [0.717, 1.165) is 28.9 Å². The second-order valence-electron chi connectivity index (χ2n) is 6.73. The van der Waals surface area contributed by atoms with Crippen LogP contribution in [0.2, 0.25) is 5.02 Å². The predicted molar refractivity (Wildman–Crippen MR) is 94.7 cm³/mol. The van der Waals surface area contributed by atoms with Gasteiger partial charge in [-0.1, -0.05) is 25.4 Å². The molecule has 0 unspecified atom stereocenters. The summed E-state index contributed by atoms with van der Waals surface area (Å²) in [6, 6.07) is 7.88. The minimum Gasteiger partial charge on any atom is -0.396 e. The maximum Gasteiger partial charge on any atom is 0.220 e. The Labute approximate surface area is 142 Å². The molecule has 2 N–H and O–H groups in total. The van der Waals surface area contributed by atoms with Crippen LogP contribution in [0.5, 0.6) is 0 Å². The van der Waals surface area contributed by atoms with E-state index in [-0.39, 0.29) is 17.9 Å². The third-order valence-corrected chi connectivity index (χ3v) is 4.32. The monoisotopic (exact) mass is 336 g/mol. The Balaban J connectivity index is 1.79. The number of carbonyl (C=O) groups excluding carboxylic acids is 1. The van der Waals surface area contributed by atoms with E-state index >= 15 is 0 Å². The van der Waals surface area contributed by atoms with Gasteiger partial charge in [0, 0.05) is 48.2 Å². The maximum absolute atomic E-state index is 11.9. The molecular formula is C18H25ClN2O2. The summed E-state index contributed by atoms with van der Waals surface area (Å²) in [5.41, 5.74) is 1.07. The van der Waals surface area contributed by atoms with Gasteiger partial charge in [0.1, 0.15) is 0 Å². The SMILES string of the molecule is CC(C)(CCO)CNC(=O)CCCn1ccc2cc(Cl)ccc21. The molecule has 0 saturated heterocycles. The molecule has 2 aromatic rings. The van der Waals surface area contributed by atoms with E-state index in [1.807, 2.05) is 44.3 Å². The molecule has 0 fully saturated rings. The fourth-order valence-corrected chi connectivity index (χ4v) is 2.77. The van der Waals surface area contributed by atoms with E-state index in [0.29, 0.717) is 19.4 Å². The van der Waals surface area contributed by atoms with Crippen LogP contribution < -0.4 is 5.32 Å². The number of halogens is 1. The first kappa shape index (κ1) is 17.8. The van der Waals surface area contributed by atoms with E-state index in [1.54, 1.807) is 0 Å². The highest BCUT2D eigenvalue weighted by Gasteiger charge is 2.17. The summed E-state index contributed by atoms with van der Waals surface area (Å²) in [6.45, 7) is 5.63. The quantitative estimate of drug-likeness (QED) is 0.774. The normalized spacial score (nSPS) is 11.8. The number of aromatic nitrogens is 1. The van der Waals surface area contributed by atoms with Crippen molar-refractivity contribution in [2.75, 3.05) is 13.2 Å². The molecule has 23 heavy (non-hydrogen) atoms. The highest BCUT2D eigenvalue weighted by molar-refractivity contribution is 6.31. The first-order valence-corrected chi connectivity index (χ1v) is 8.41. The molecule has 0 aliphatic heterocycles. The summed E-state index contributed by atoms with van der Waals surface area (Å²) in [7, 11) is 0. The molecule has 1 heterocycles. The van der Waals surface area contributed by atoms with Gasteiger partial charge in [0.2, 0.25) is 5.91 Å². The zero-order valence-electron chi connectivity index (χ0n) is 13.8. The molecular weight excluding hydrogens is 312 g/mol. The second-order valence-corrected chi connectivity index (χ2v) is 7.17. The van der Waals surface area contributed by atoms with Crippen molar-refractivity contribution in [3.05, 3.63) is 35.5 Å². The zero-order chi connectivity index (χ0) is 16.9. The van der Waals surface area contributed by atoms with Crippen LogP contribution >= 0.6 is 11.6 Å². The molecule has 1 aromatic heterocycles. The lowest BCUT2D eigenvalue weighted by atomic mass is 9.90. The van der Waals surface area contributed by atoms with Crippen LogP contribution in [0, 0.1) is 5.41 Å². The van der Waals surface area contributed by atoms with Gasteiger partial charge in [-0.25, -0.2) is 0 Å². The van der Waals surface area contributed by atoms with E-state index in [9.17, 15) is 4.79 Å². The van der Waals surface area contributed by atoms with Crippen molar-refractivity contribution in [3.63, 3.8) is 0 Å². The molecule has 0 spiro atoms. The first-order chi connectivity index (χ1) is 10.9. The Bertz CT molecular complexity index is 664. The predicted octanol–water partition coefficient (Wildman–Crippen LogP) is 3.60. The van der Waals surface area contributed by atoms with Gasteiger partial charge < -0.3 is 15.0 Å². The Kier molecular flexibility index (Phi) is 6.08. The molecule has 1 amide bonds. The molecule has 0 atom stereocenters. The van der Waals surface area contributed by atoms with Gasteiger partial charge in [-0.15, -0.1) is 0 Å². The third-order valence-electron chi connectivity index (χ3n) is 4.09. The largest absolute Gasteiger partial charge is 0.396 e. The second kappa shape index (κ2) is 7.84.